The number of aliphatic hydroxyl groups is 1. The molecule has 0 saturated heterocycles. The van der Waals surface area contributed by atoms with Crippen LogP contribution in [0, 0.1) is 5.41 Å². The van der Waals surface area contributed by atoms with Gasteiger partial charge in [0.1, 0.15) is 17.6 Å². The molecule has 0 radical (unpaired) electrons. The number of hydrogen-bond acceptors (Lipinski definition) is 6. The number of nitrogen functional groups attached to an aromatic ring is 1. The van der Waals surface area contributed by atoms with Gasteiger partial charge in [0.25, 0.3) is 0 Å². The number of aromatic amines is 1. The second kappa shape index (κ2) is 9.16. The summed E-state index contributed by atoms with van der Waals surface area (Å²) in [5, 5.41) is 18.6. The fourth-order valence-corrected chi connectivity index (χ4v) is 4.16. The van der Waals surface area contributed by atoms with E-state index in [-0.39, 0.29) is 12.3 Å². The number of halogens is 2. The summed E-state index contributed by atoms with van der Waals surface area (Å²) in [6.07, 6.45) is 3.14. The van der Waals surface area contributed by atoms with Crippen LogP contribution in [0.25, 0.3) is 11.0 Å². The van der Waals surface area contributed by atoms with E-state index in [9.17, 15) is 0 Å². The maximum absolute atomic E-state index is 9.15. The molecule has 0 aliphatic heterocycles. The third kappa shape index (κ3) is 4.41. The van der Waals surface area contributed by atoms with E-state index < -0.39 is 6.10 Å². The Morgan fingerprint density at radius 1 is 1.19 bits per heavy atom. The van der Waals surface area contributed by atoms with E-state index >= 15 is 0 Å². The molecule has 0 unspecified atom stereocenters. The van der Waals surface area contributed by atoms with Gasteiger partial charge in [-0.2, -0.15) is 0 Å². The first-order valence-corrected chi connectivity index (χ1v) is 10.7. The lowest BCUT2D eigenvalue weighted by Crippen LogP contribution is -2.09. The minimum absolute atomic E-state index is 0.0694. The first-order chi connectivity index (χ1) is 15.4. The Balaban J connectivity index is 1.62. The zero-order valence-corrected chi connectivity index (χ0v) is 18.7. The second-order valence-electron chi connectivity index (χ2n) is 7.31. The number of benzene rings is 2. The molecular formula is C23H21Cl2N5O2. The lowest BCUT2D eigenvalue weighted by molar-refractivity contribution is 0.227. The molecule has 1 atom stereocenters. The van der Waals surface area contributed by atoms with Crippen LogP contribution in [0.4, 0.5) is 5.69 Å². The molecule has 0 saturated carbocycles. The molecule has 0 aliphatic rings. The Hall–Kier alpha value is -3.13. The number of fused-ring (bicyclic) bond motifs is 1. The van der Waals surface area contributed by atoms with Gasteiger partial charge in [0.2, 0.25) is 0 Å². The molecule has 2 aromatic carbocycles. The fourth-order valence-electron chi connectivity index (χ4n) is 3.49. The summed E-state index contributed by atoms with van der Waals surface area (Å²) in [7, 11) is 0. The van der Waals surface area contributed by atoms with Gasteiger partial charge in [-0.25, -0.2) is 4.98 Å². The van der Waals surface area contributed by atoms with E-state index in [2.05, 4.69) is 15.0 Å². The van der Waals surface area contributed by atoms with Crippen LogP contribution in [-0.2, 0) is 6.42 Å². The largest absolute Gasteiger partial charge is 0.486 e. The molecule has 2 aromatic heterocycles. The summed E-state index contributed by atoms with van der Waals surface area (Å²) in [4.78, 5) is 11.6. The highest BCUT2D eigenvalue weighted by molar-refractivity contribution is 6.35. The highest BCUT2D eigenvalue weighted by atomic mass is 35.5. The van der Waals surface area contributed by atoms with Gasteiger partial charge < -0.3 is 20.6 Å². The van der Waals surface area contributed by atoms with Gasteiger partial charge >= 0.3 is 0 Å². The van der Waals surface area contributed by atoms with Crippen molar-refractivity contribution < 1.29 is 9.84 Å². The fraction of sp³-hybridized carbons (Fsp3) is 0.174. The van der Waals surface area contributed by atoms with Crippen molar-refractivity contribution in [3.63, 3.8) is 0 Å². The third-order valence-corrected chi connectivity index (χ3v) is 5.69. The van der Waals surface area contributed by atoms with Gasteiger partial charge in [-0.3, -0.25) is 10.4 Å². The molecule has 4 rings (SSSR count). The maximum atomic E-state index is 9.15. The molecular weight excluding hydrogens is 449 g/mol. The molecule has 4 aromatic rings. The SMILES string of the molecule is C[C@@H](Oc1ccc(N)c(C(=N)c2nc3ccc(CCO)cc3[nH]2)c1)c1c(Cl)cncc1Cl. The van der Waals surface area contributed by atoms with Crippen LogP contribution in [0.2, 0.25) is 10.0 Å². The molecule has 0 aliphatic carbocycles. The zero-order chi connectivity index (χ0) is 22.8. The number of aromatic nitrogens is 3. The van der Waals surface area contributed by atoms with E-state index in [1.807, 2.05) is 25.1 Å². The standard InChI is InChI=1S/C23H21Cl2N5O2/c1-12(21-16(24)10-28-11-17(21)25)32-14-3-4-18(26)15(9-14)22(27)23-29-19-5-2-13(6-7-31)8-20(19)30-23/h2-5,8-12,27,31H,6-7,26H2,1H3,(H,29,30)/t12-/m1/s1. The van der Waals surface area contributed by atoms with Crippen molar-refractivity contribution in [1.29, 1.82) is 5.41 Å². The predicted octanol–water partition coefficient (Wildman–Crippen LogP) is 4.94. The van der Waals surface area contributed by atoms with Crippen molar-refractivity contribution >= 4 is 45.6 Å². The molecule has 7 nitrogen and oxygen atoms in total. The van der Waals surface area contributed by atoms with Gasteiger partial charge in [0, 0.05) is 35.8 Å². The summed E-state index contributed by atoms with van der Waals surface area (Å²) in [5.41, 5.74) is 10.3. The van der Waals surface area contributed by atoms with E-state index in [1.165, 1.54) is 12.4 Å². The number of nitrogens with zero attached hydrogens (tertiary/aromatic N) is 2. The van der Waals surface area contributed by atoms with Crippen molar-refractivity contribution in [1.82, 2.24) is 15.0 Å². The number of hydrogen-bond donors (Lipinski definition) is 4. The molecule has 2 heterocycles. The number of anilines is 1. The Bertz CT molecular complexity index is 1280. The van der Waals surface area contributed by atoms with Crippen LogP contribution in [0.15, 0.2) is 48.8 Å². The van der Waals surface area contributed by atoms with E-state index in [4.69, 9.17) is 44.2 Å². The number of rotatable bonds is 7. The Morgan fingerprint density at radius 2 is 1.94 bits per heavy atom. The second-order valence-corrected chi connectivity index (χ2v) is 8.13. The quantitative estimate of drug-likeness (QED) is 0.225. The Kier molecular flexibility index (Phi) is 6.32. The number of nitrogens with two attached hydrogens (primary N) is 1. The summed E-state index contributed by atoms with van der Waals surface area (Å²) < 4.78 is 6.04. The summed E-state index contributed by atoms with van der Waals surface area (Å²) in [5.74, 6) is 0.898. The van der Waals surface area contributed by atoms with Crippen LogP contribution in [0.3, 0.4) is 0 Å². The van der Waals surface area contributed by atoms with Crippen molar-refractivity contribution in [2.45, 2.75) is 19.4 Å². The third-order valence-electron chi connectivity index (χ3n) is 5.09. The van der Waals surface area contributed by atoms with Crippen LogP contribution < -0.4 is 10.5 Å². The van der Waals surface area contributed by atoms with E-state index in [0.717, 1.165) is 16.6 Å². The van der Waals surface area contributed by atoms with Gasteiger partial charge in [0.05, 0.1) is 21.1 Å². The monoisotopic (exact) mass is 469 g/mol. The lowest BCUT2D eigenvalue weighted by Gasteiger charge is -2.18. The topological polar surface area (TPSA) is 121 Å². The summed E-state index contributed by atoms with van der Waals surface area (Å²) in [6, 6.07) is 10.8. The molecule has 5 N–H and O–H groups in total. The van der Waals surface area contributed by atoms with Gasteiger partial charge in [0.15, 0.2) is 5.82 Å². The van der Waals surface area contributed by atoms with Gasteiger partial charge in [-0.05, 0) is 49.2 Å². The normalized spacial score (nSPS) is 12.1. The number of nitrogens with one attached hydrogen (secondary N) is 2. The molecule has 9 heteroatoms. The maximum Gasteiger partial charge on any atom is 0.157 e. The van der Waals surface area contributed by atoms with Gasteiger partial charge in [-0.1, -0.05) is 29.3 Å². The number of aliphatic hydroxyl groups excluding tert-OH is 1. The number of pyridine rings is 1. The smallest absolute Gasteiger partial charge is 0.157 e. The van der Waals surface area contributed by atoms with Crippen LogP contribution in [-0.4, -0.2) is 32.4 Å². The Morgan fingerprint density at radius 3 is 2.66 bits per heavy atom. The number of H-pyrrole nitrogens is 1. The minimum atomic E-state index is -0.445. The molecule has 0 amide bonds. The van der Waals surface area contributed by atoms with Crippen LogP contribution in [0.1, 0.15) is 35.5 Å². The van der Waals surface area contributed by atoms with Gasteiger partial charge in [-0.15, -0.1) is 0 Å². The van der Waals surface area contributed by atoms with Crippen LogP contribution in [0.5, 0.6) is 5.75 Å². The average molecular weight is 470 g/mol. The number of imidazole rings is 1. The molecule has 0 bridgehead atoms. The highest BCUT2D eigenvalue weighted by Crippen LogP contribution is 2.33. The molecule has 164 valence electrons. The average Bonchev–Trinajstić information content (AvgIpc) is 3.18. The van der Waals surface area contributed by atoms with Crippen LogP contribution >= 0.6 is 23.2 Å². The molecule has 32 heavy (non-hydrogen) atoms. The molecule has 0 spiro atoms. The Labute approximate surface area is 194 Å². The van der Waals surface area contributed by atoms with Crippen molar-refractivity contribution in [2.75, 3.05) is 12.3 Å². The molecule has 0 fully saturated rings. The predicted molar refractivity (Wildman–Crippen MR) is 127 cm³/mol. The van der Waals surface area contributed by atoms with E-state index in [1.54, 1.807) is 18.2 Å². The van der Waals surface area contributed by atoms with Crippen molar-refractivity contribution in [2.24, 2.45) is 0 Å². The first kappa shape index (κ1) is 22.1. The summed E-state index contributed by atoms with van der Waals surface area (Å²) in [6.45, 7) is 1.90. The van der Waals surface area contributed by atoms with E-state index in [0.29, 0.717) is 44.9 Å². The summed E-state index contributed by atoms with van der Waals surface area (Å²) >= 11 is 12.5. The number of ether oxygens (including phenoxy) is 1. The highest BCUT2D eigenvalue weighted by Gasteiger charge is 2.18. The lowest BCUT2D eigenvalue weighted by atomic mass is 10.1. The minimum Gasteiger partial charge on any atom is -0.486 e. The zero-order valence-electron chi connectivity index (χ0n) is 17.2. The first-order valence-electron chi connectivity index (χ1n) is 9.91. The van der Waals surface area contributed by atoms with Crippen molar-refractivity contribution in [3.05, 3.63) is 81.4 Å². The van der Waals surface area contributed by atoms with Crippen molar-refractivity contribution in [3.8, 4) is 5.75 Å².